The minimum atomic E-state index is 0. The topological polar surface area (TPSA) is 81.8 Å². The van der Waals surface area contributed by atoms with Crippen LogP contribution in [0.1, 0.15) is 35.1 Å². The van der Waals surface area contributed by atoms with Gasteiger partial charge in [-0.15, -0.1) is 0 Å². The number of carbonyl (C=O) groups excluding carboxylic acids is 2. The standard InChI is InChI=1S/C8H10N2.2C2H3O.CH4.3Y/c1-5-3-4-6(2)8(10)7(5)9;2*1-2-3;;;;/h3-4,9-10H,1-2H3;2*1H3;1H4;;;/q;2*-1;;;;. The van der Waals surface area contributed by atoms with Gasteiger partial charge < -0.3 is 9.59 Å². The van der Waals surface area contributed by atoms with Crippen molar-refractivity contribution >= 4 is 24.0 Å². The van der Waals surface area contributed by atoms with Gasteiger partial charge in [0.2, 0.25) is 0 Å². The van der Waals surface area contributed by atoms with E-state index in [1.54, 1.807) is 0 Å². The molecule has 0 atom stereocenters. The Labute approximate surface area is 198 Å². The zero-order valence-corrected chi connectivity index (χ0v) is 20.2. The molecule has 1 rings (SSSR count). The molecule has 20 heavy (non-hydrogen) atoms. The summed E-state index contributed by atoms with van der Waals surface area (Å²) < 4.78 is 0. The van der Waals surface area contributed by atoms with E-state index in [1.807, 2.05) is 26.0 Å². The summed E-state index contributed by atoms with van der Waals surface area (Å²) >= 11 is 0. The van der Waals surface area contributed by atoms with E-state index in [9.17, 15) is 0 Å². The van der Waals surface area contributed by atoms with Gasteiger partial charge in [-0.1, -0.05) is 19.6 Å². The van der Waals surface area contributed by atoms with Crippen molar-refractivity contribution in [2.45, 2.75) is 35.1 Å². The summed E-state index contributed by atoms with van der Waals surface area (Å²) in [5, 5.41) is 14.8. The van der Waals surface area contributed by atoms with Crippen LogP contribution in [0.2, 0.25) is 0 Å². The first-order valence-corrected chi connectivity index (χ1v) is 4.57. The molecular weight excluding hydrogens is 483 g/mol. The zero-order valence-electron chi connectivity index (χ0n) is 11.7. The molecule has 0 aromatic carbocycles. The van der Waals surface area contributed by atoms with Gasteiger partial charge in [-0.25, -0.2) is 0 Å². The summed E-state index contributed by atoms with van der Waals surface area (Å²) in [4.78, 5) is 17.4. The maximum Gasteiger partial charge on any atom is 0.0821 e. The van der Waals surface area contributed by atoms with Crippen molar-refractivity contribution in [2.75, 3.05) is 0 Å². The predicted octanol–water partition coefficient (Wildman–Crippen LogP) is 2.79. The molecule has 0 aromatic rings. The van der Waals surface area contributed by atoms with E-state index in [0.717, 1.165) is 11.1 Å². The number of rotatable bonds is 0. The van der Waals surface area contributed by atoms with Gasteiger partial charge in [0, 0.05) is 98.1 Å². The molecular formula is C13H20N2O2Y3-2. The summed E-state index contributed by atoms with van der Waals surface area (Å²) in [6, 6.07) is 0. The van der Waals surface area contributed by atoms with Crippen LogP contribution in [0.3, 0.4) is 0 Å². The van der Waals surface area contributed by atoms with Gasteiger partial charge in [0.1, 0.15) is 0 Å². The van der Waals surface area contributed by atoms with Crippen molar-refractivity contribution in [2.24, 2.45) is 0 Å². The van der Waals surface area contributed by atoms with E-state index >= 15 is 0 Å². The van der Waals surface area contributed by atoms with Gasteiger partial charge in [-0.05, 0) is 25.0 Å². The minimum absolute atomic E-state index is 0. The van der Waals surface area contributed by atoms with E-state index in [1.165, 1.54) is 26.4 Å². The van der Waals surface area contributed by atoms with Gasteiger partial charge in [-0.2, -0.15) is 13.8 Å². The molecule has 0 aromatic heterocycles. The summed E-state index contributed by atoms with van der Waals surface area (Å²) in [7, 11) is 0. The van der Waals surface area contributed by atoms with Gasteiger partial charge in [0.05, 0.1) is 11.4 Å². The molecule has 0 heterocycles. The van der Waals surface area contributed by atoms with Gasteiger partial charge >= 0.3 is 0 Å². The molecule has 4 nitrogen and oxygen atoms in total. The van der Waals surface area contributed by atoms with E-state index < -0.39 is 0 Å². The average molecular weight is 503 g/mol. The van der Waals surface area contributed by atoms with Crippen LogP contribution in [-0.4, -0.2) is 24.0 Å². The van der Waals surface area contributed by atoms with Crippen LogP contribution in [0.25, 0.3) is 0 Å². The first kappa shape index (κ1) is 37.6. The first-order chi connectivity index (χ1) is 7.45. The molecule has 105 valence electrons. The molecule has 1 aliphatic rings. The fourth-order valence-corrected chi connectivity index (χ4v) is 0.811. The monoisotopic (exact) mass is 503 g/mol. The quantitative estimate of drug-likeness (QED) is 0.394. The molecule has 0 saturated carbocycles. The molecule has 3 radical (unpaired) electrons. The first-order valence-electron chi connectivity index (χ1n) is 4.57. The Morgan fingerprint density at radius 2 is 0.950 bits per heavy atom. The summed E-state index contributed by atoms with van der Waals surface area (Å²) in [6.07, 6.45) is 6.74. The molecule has 0 unspecified atom stereocenters. The normalized spacial score (nSPS) is 10.6. The smallest absolute Gasteiger partial charge is 0.0821 e. The maximum atomic E-state index is 8.68. The molecule has 2 N–H and O–H groups in total. The van der Waals surface area contributed by atoms with Gasteiger partial charge in [-0.3, -0.25) is 23.4 Å². The molecule has 0 aliphatic heterocycles. The number of hydrogen-bond acceptors (Lipinski definition) is 4. The van der Waals surface area contributed by atoms with E-state index in [0.29, 0.717) is 11.4 Å². The number of hydrogen-bond donors (Lipinski definition) is 2. The molecule has 1 aliphatic carbocycles. The molecule has 0 bridgehead atoms. The van der Waals surface area contributed by atoms with Crippen LogP contribution in [0.5, 0.6) is 0 Å². The third-order valence-electron chi connectivity index (χ3n) is 1.62. The van der Waals surface area contributed by atoms with E-state index in [2.05, 4.69) is 0 Å². The predicted molar refractivity (Wildman–Crippen MR) is 72.4 cm³/mol. The Balaban J connectivity index is -0.0000000432. The third-order valence-corrected chi connectivity index (χ3v) is 1.62. The molecule has 0 amide bonds. The molecule has 0 spiro atoms. The molecule has 0 saturated heterocycles. The second-order valence-corrected chi connectivity index (χ2v) is 2.86. The third kappa shape index (κ3) is 19.5. The Morgan fingerprint density at radius 1 is 0.800 bits per heavy atom. The number of nitrogens with one attached hydrogen (secondary N) is 2. The Bertz CT molecular complexity index is 310. The van der Waals surface area contributed by atoms with Crippen LogP contribution in [-0.2, 0) is 108 Å². The zero-order chi connectivity index (χ0) is 13.1. The van der Waals surface area contributed by atoms with Crippen molar-refractivity contribution in [3.8, 4) is 0 Å². The van der Waals surface area contributed by atoms with Crippen molar-refractivity contribution < 1.29 is 108 Å². The van der Waals surface area contributed by atoms with Crippen molar-refractivity contribution in [1.29, 1.82) is 10.8 Å². The van der Waals surface area contributed by atoms with Crippen molar-refractivity contribution in [3.63, 3.8) is 0 Å². The SMILES string of the molecule is C.CC1=CC=C(C)C(=N)C1=N.C[C-]=O.C[C-]=O.[Y].[Y].[Y]. The van der Waals surface area contributed by atoms with Gasteiger partial charge in [0.15, 0.2) is 0 Å². The Kier molecular flexibility index (Phi) is 47.8. The second-order valence-electron chi connectivity index (χ2n) is 2.86. The minimum Gasteiger partial charge on any atom is -0.542 e. The molecule has 7 heteroatoms. The largest absolute Gasteiger partial charge is 0.542 e. The second kappa shape index (κ2) is 25.4. The fourth-order valence-electron chi connectivity index (χ4n) is 0.811. The van der Waals surface area contributed by atoms with Crippen molar-refractivity contribution in [1.82, 2.24) is 0 Å². The average Bonchev–Trinajstić information content (AvgIpc) is 2.23. The maximum absolute atomic E-state index is 8.68. The van der Waals surface area contributed by atoms with Gasteiger partial charge in [0.25, 0.3) is 0 Å². The number of allylic oxidation sites excluding steroid dienone is 4. The van der Waals surface area contributed by atoms with Crippen LogP contribution in [0, 0.1) is 10.8 Å². The summed E-state index contributed by atoms with van der Waals surface area (Å²) in [5.74, 6) is 0. The Hall–Kier alpha value is 1.47. The van der Waals surface area contributed by atoms with Crippen molar-refractivity contribution in [3.05, 3.63) is 23.3 Å². The molecule has 0 fully saturated rings. The summed E-state index contributed by atoms with van der Waals surface area (Å²) in [6.45, 7) is 6.33. The van der Waals surface area contributed by atoms with Crippen LogP contribution >= 0.6 is 0 Å². The van der Waals surface area contributed by atoms with E-state index in [-0.39, 0.29) is 106 Å². The summed E-state index contributed by atoms with van der Waals surface area (Å²) in [5.41, 5.74) is 2.44. The Morgan fingerprint density at radius 3 is 1.10 bits per heavy atom. The fraction of sp³-hybridized carbons (Fsp3) is 0.385. The van der Waals surface area contributed by atoms with E-state index in [4.69, 9.17) is 20.4 Å². The van der Waals surface area contributed by atoms with Crippen LogP contribution in [0.4, 0.5) is 0 Å². The van der Waals surface area contributed by atoms with Crippen LogP contribution < -0.4 is 0 Å². The van der Waals surface area contributed by atoms with Crippen LogP contribution in [0.15, 0.2) is 23.3 Å².